The fourth-order valence-corrected chi connectivity index (χ4v) is 7.36. The number of aromatic amines is 1. The summed E-state index contributed by atoms with van der Waals surface area (Å²) in [5.74, 6) is 0.311. The number of likely N-dealkylation sites (N-methyl/N-ethyl adjacent to an activating group) is 4. The molecule has 7 aromatic rings. The van der Waals surface area contributed by atoms with Gasteiger partial charge in [-0.05, 0) is 118 Å². The Morgan fingerprint density at radius 2 is 1.23 bits per heavy atom. The lowest BCUT2D eigenvalue weighted by atomic mass is 10.0. The minimum absolute atomic E-state index is 0.245. The number of methoxy groups -OCH3 is 1. The molecule has 0 spiro atoms. The third-order valence-corrected chi connectivity index (χ3v) is 10.7. The molecule has 0 unspecified atom stereocenters. The summed E-state index contributed by atoms with van der Waals surface area (Å²) in [6.45, 7) is 5.60. The van der Waals surface area contributed by atoms with Crippen LogP contribution in [0, 0.1) is 11.6 Å². The van der Waals surface area contributed by atoms with Crippen molar-refractivity contribution in [1.82, 2.24) is 40.4 Å². The van der Waals surface area contributed by atoms with Crippen molar-refractivity contribution in [3.8, 4) is 28.3 Å². The molecule has 9 nitrogen and oxygen atoms in total. The van der Waals surface area contributed by atoms with E-state index in [2.05, 4.69) is 62.5 Å². The van der Waals surface area contributed by atoms with Gasteiger partial charge in [0.15, 0.2) is 0 Å². The Kier molecular flexibility index (Phi) is 14.6. The second kappa shape index (κ2) is 19.8. The molecule has 0 saturated heterocycles. The molecule has 0 aliphatic carbocycles. The lowest BCUT2D eigenvalue weighted by Crippen LogP contribution is -2.26. The quantitative estimate of drug-likeness (QED) is 0.0948. The largest absolute Gasteiger partial charge is 0.497 e. The van der Waals surface area contributed by atoms with Gasteiger partial charge in [-0.15, -0.1) is 0 Å². The Bertz CT molecular complexity index is 2420. The summed E-state index contributed by atoms with van der Waals surface area (Å²) in [6, 6.07) is 30.5. The number of hydrogen-bond donors (Lipinski definition) is 3. The number of fused-ring (bicyclic) bond motifs is 2. The lowest BCUT2D eigenvalue weighted by molar-refractivity contribution is 0.327. The summed E-state index contributed by atoms with van der Waals surface area (Å²) in [5, 5.41) is 20.2. The summed E-state index contributed by atoms with van der Waals surface area (Å²) < 4.78 is 39.0. The van der Waals surface area contributed by atoms with E-state index in [1.807, 2.05) is 118 Å². The molecule has 2 aromatic heterocycles. The average molecular weight is 903 g/mol. The van der Waals surface area contributed by atoms with Crippen LogP contribution >= 0.6 is 31.9 Å². The van der Waals surface area contributed by atoms with Crippen molar-refractivity contribution in [3.63, 3.8) is 0 Å². The van der Waals surface area contributed by atoms with Gasteiger partial charge in [-0.1, -0.05) is 56.1 Å². The Labute approximate surface area is 349 Å². The highest BCUT2D eigenvalue weighted by Gasteiger charge is 2.18. The van der Waals surface area contributed by atoms with Crippen LogP contribution in [0.25, 0.3) is 44.3 Å². The van der Waals surface area contributed by atoms with Crippen LogP contribution in [0.2, 0.25) is 0 Å². The van der Waals surface area contributed by atoms with Gasteiger partial charge in [-0.3, -0.25) is 9.78 Å². The highest BCUT2D eigenvalue weighted by Crippen LogP contribution is 2.33. The van der Waals surface area contributed by atoms with Crippen molar-refractivity contribution in [3.05, 3.63) is 134 Å². The molecule has 0 atom stereocenters. The predicted octanol–water partition coefficient (Wildman–Crippen LogP) is 9.10. The number of rotatable bonds is 15. The van der Waals surface area contributed by atoms with E-state index in [9.17, 15) is 4.39 Å². The third kappa shape index (κ3) is 10.7. The number of aromatic nitrogens is 4. The number of nitrogens with zero attached hydrogens (tertiary/aromatic N) is 5. The Balaban J connectivity index is 0.000000203. The summed E-state index contributed by atoms with van der Waals surface area (Å²) in [7, 11) is 9.58. The van der Waals surface area contributed by atoms with E-state index in [0.29, 0.717) is 42.1 Å². The zero-order valence-corrected chi connectivity index (χ0v) is 36.0. The van der Waals surface area contributed by atoms with Crippen molar-refractivity contribution < 1.29 is 13.5 Å². The van der Waals surface area contributed by atoms with Gasteiger partial charge in [-0.25, -0.2) is 8.78 Å². The summed E-state index contributed by atoms with van der Waals surface area (Å²) in [5.41, 5.74) is 7.15. The highest BCUT2D eigenvalue weighted by atomic mass is 79.9. The monoisotopic (exact) mass is 900 g/mol. The molecule has 0 aliphatic heterocycles. The lowest BCUT2D eigenvalue weighted by Gasteiger charge is -2.16. The molecule has 13 heteroatoms. The van der Waals surface area contributed by atoms with Crippen LogP contribution in [0.3, 0.4) is 0 Å². The molecular formula is C44H48Br2F2N8O. The number of ether oxygens (including phenoxy) is 1. The Morgan fingerprint density at radius 3 is 1.79 bits per heavy atom. The van der Waals surface area contributed by atoms with Crippen molar-refractivity contribution in [1.29, 1.82) is 0 Å². The van der Waals surface area contributed by atoms with Crippen LogP contribution in [0.1, 0.15) is 16.7 Å². The van der Waals surface area contributed by atoms with Gasteiger partial charge in [0.2, 0.25) is 0 Å². The zero-order chi connectivity index (χ0) is 40.5. The maximum Gasteiger partial charge on any atom is 0.133 e. The maximum atomic E-state index is 15.3. The van der Waals surface area contributed by atoms with Crippen LogP contribution in [-0.4, -0.2) is 91.3 Å². The summed E-state index contributed by atoms with van der Waals surface area (Å²) in [6.07, 6.45) is 0. The predicted molar refractivity (Wildman–Crippen MR) is 235 cm³/mol. The van der Waals surface area contributed by atoms with E-state index in [4.69, 9.17) is 9.84 Å². The molecule has 57 heavy (non-hydrogen) atoms. The average Bonchev–Trinajstić information content (AvgIpc) is 3.77. The second-order valence-electron chi connectivity index (χ2n) is 14.1. The first-order chi connectivity index (χ1) is 27.6. The second-order valence-corrected chi connectivity index (χ2v) is 15.9. The highest BCUT2D eigenvalue weighted by molar-refractivity contribution is 9.10. The van der Waals surface area contributed by atoms with E-state index in [1.54, 1.807) is 19.2 Å². The molecule has 0 radical (unpaired) electrons. The van der Waals surface area contributed by atoms with E-state index in [-0.39, 0.29) is 11.6 Å². The molecular weight excluding hydrogens is 854 g/mol. The van der Waals surface area contributed by atoms with Gasteiger partial charge >= 0.3 is 0 Å². The van der Waals surface area contributed by atoms with Crippen LogP contribution in [-0.2, 0) is 19.6 Å². The standard InChI is InChI=1S/C26H28BrFN4O.C18H20BrFN4/c1-29-12-13-31(2)16-19-6-10-22(24(28)14-19)26-23-11-7-20(27)15-25(23)32(30-26)17-18-4-8-21(33-3)9-5-18;1-21-7-8-24(2)11-12-3-5-14(16(20)9-12)18-15-6-4-13(19)10-17(15)22-23-18/h4-11,14-15,29H,12-13,16-17H2,1-3H3;3-6,9-10,21H,7-8,11H2,1-2H3,(H,22,23). The molecule has 7 rings (SSSR count). The van der Waals surface area contributed by atoms with E-state index >= 15 is 4.39 Å². The van der Waals surface area contributed by atoms with E-state index in [0.717, 1.165) is 79.4 Å². The molecule has 3 N–H and O–H groups in total. The molecule has 0 amide bonds. The summed E-state index contributed by atoms with van der Waals surface area (Å²) in [4.78, 5) is 4.33. The third-order valence-electron chi connectivity index (χ3n) is 9.70. The fourth-order valence-electron chi connectivity index (χ4n) is 6.65. The normalized spacial score (nSPS) is 11.5. The van der Waals surface area contributed by atoms with E-state index in [1.165, 1.54) is 0 Å². The Morgan fingerprint density at radius 1 is 0.684 bits per heavy atom. The number of halogens is 4. The molecule has 0 aliphatic rings. The number of nitrogens with one attached hydrogen (secondary N) is 3. The van der Waals surface area contributed by atoms with Crippen molar-refractivity contribution in [2.24, 2.45) is 0 Å². The summed E-state index contributed by atoms with van der Waals surface area (Å²) >= 11 is 6.99. The molecule has 5 aromatic carbocycles. The van der Waals surface area contributed by atoms with Crippen LogP contribution < -0.4 is 15.4 Å². The van der Waals surface area contributed by atoms with Gasteiger partial charge in [-0.2, -0.15) is 10.2 Å². The molecule has 298 valence electrons. The zero-order valence-electron chi connectivity index (χ0n) is 32.8. The maximum absolute atomic E-state index is 15.3. The van der Waals surface area contributed by atoms with Gasteiger partial charge in [0.1, 0.15) is 28.8 Å². The molecule has 2 heterocycles. The van der Waals surface area contributed by atoms with Crippen LogP contribution in [0.4, 0.5) is 8.78 Å². The topological polar surface area (TPSA) is 86.3 Å². The minimum atomic E-state index is -0.256. The molecule has 0 bridgehead atoms. The fraction of sp³-hybridized carbons (Fsp3) is 0.273. The minimum Gasteiger partial charge on any atom is -0.497 e. The first kappa shape index (κ1) is 42.1. The van der Waals surface area contributed by atoms with Gasteiger partial charge < -0.3 is 25.2 Å². The van der Waals surface area contributed by atoms with Crippen LogP contribution in [0.5, 0.6) is 5.75 Å². The first-order valence-corrected chi connectivity index (χ1v) is 20.3. The van der Waals surface area contributed by atoms with Gasteiger partial charge in [0.05, 0.1) is 24.7 Å². The smallest absolute Gasteiger partial charge is 0.133 e. The number of hydrogen-bond acceptors (Lipinski definition) is 7. The first-order valence-electron chi connectivity index (χ1n) is 18.7. The van der Waals surface area contributed by atoms with E-state index < -0.39 is 0 Å². The SMILES string of the molecule is CNCCN(C)Cc1ccc(-c2n[nH]c3cc(Br)ccc23)c(F)c1.CNCCN(C)Cc1ccc(-c2nn(Cc3ccc(OC)cc3)c3cc(Br)ccc23)c(F)c1. The van der Waals surface area contributed by atoms with Crippen molar-refractivity contribution >= 4 is 53.7 Å². The Hall–Kier alpha value is -4.50. The van der Waals surface area contributed by atoms with Crippen LogP contribution in [0.15, 0.2) is 106 Å². The van der Waals surface area contributed by atoms with Gasteiger partial charge in [0, 0.05) is 70.1 Å². The number of H-pyrrole nitrogens is 1. The molecule has 0 saturated carbocycles. The molecule has 0 fully saturated rings. The van der Waals surface area contributed by atoms with Crippen molar-refractivity contribution in [2.45, 2.75) is 19.6 Å². The van der Waals surface area contributed by atoms with Gasteiger partial charge in [0.25, 0.3) is 0 Å². The van der Waals surface area contributed by atoms with Crippen molar-refractivity contribution in [2.75, 3.05) is 61.5 Å². The number of benzene rings is 5.